The first-order valence-electron chi connectivity index (χ1n) is 6.16. The minimum atomic E-state index is 0.0774. The topological polar surface area (TPSA) is 9.23 Å². The van der Waals surface area contributed by atoms with Crippen molar-refractivity contribution in [2.45, 2.75) is 46.0 Å². The normalized spacial score (nSPS) is 11.7. The van der Waals surface area contributed by atoms with Gasteiger partial charge in [-0.1, -0.05) is 53.3 Å². The summed E-state index contributed by atoms with van der Waals surface area (Å²) < 4.78 is 5.56. The van der Waals surface area contributed by atoms with Crippen LogP contribution in [0.4, 0.5) is 0 Å². The lowest BCUT2D eigenvalue weighted by molar-refractivity contribution is 0.396. The third kappa shape index (κ3) is 2.91. The van der Waals surface area contributed by atoms with Gasteiger partial charge in [-0.15, -0.1) is 0 Å². The standard InChI is InChI=1S/C16H24O/c1-8-12-9-13(11(2)3)10-14(15(12)17-7)16(4,5)6/h8-11H,1H2,2-7H3. The van der Waals surface area contributed by atoms with Crippen molar-refractivity contribution in [1.29, 1.82) is 0 Å². The molecule has 0 aliphatic carbocycles. The second kappa shape index (κ2) is 4.95. The largest absolute Gasteiger partial charge is 0.496 e. The van der Waals surface area contributed by atoms with Gasteiger partial charge in [0.25, 0.3) is 0 Å². The molecule has 0 aliphatic heterocycles. The van der Waals surface area contributed by atoms with Crippen molar-refractivity contribution in [2.75, 3.05) is 7.11 Å². The molecule has 0 N–H and O–H groups in total. The van der Waals surface area contributed by atoms with Crippen LogP contribution in [0.25, 0.3) is 6.08 Å². The molecule has 1 nitrogen and oxygen atoms in total. The molecule has 1 aromatic rings. The van der Waals surface area contributed by atoms with Gasteiger partial charge < -0.3 is 4.74 Å². The van der Waals surface area contributed by atoms with Gasteiger partial charge in [-0.2, -0.15) is 0 Å². The predicted molar refractivity (Wildman–Crippen MR) is 75.9 cm³/mol. The summed E-state index contributed by atoms with van der Waals surface area (Å²) in [6, 6.07) is 4.43. The molecule has 0 radical (unpaired) electrons. The van der Waals surface area contributed by atoms with Crippen LogP contribution in [0.15, 0.2) is 18.7 Å². The maximum atomic E-state index is 5.56. The van der Waals surface area contributed by atoms with Crippen LogP contribution in [0.5, 0.6) is 5.75 Å². The van der Waals surface area contributed by atoms with E-state index in [1.165, 1.54) is 11.1 Å². The number of hydrogen-bond donors (Lipinski definition) is 0. The van der Waals surface area contributed by atoms with Gasteiger partial charge in [-0.25, -0.2) is 0 Å². The van der Waals surface area contributed by atoms with Crippen LogP contribution < -0.4 is 4.74 Å². The van der Waals surface area contributed by atoms with Crippen molar-refractivity contribution in [3.05, 3.63) is 35.4 Å². The third-order valence-electron chi connectivity index (χ3n) is 3.04. The zero-order chi connectivity index (χ0) is 13.2. The average Bonchev–Trinajstić information content (AvgIpc) is 2.25. The second-order valence-corrected chi connectivity index (χ2v) is 5.80. The first-order valence-corrected chi connectivity index (χ1v) is 6.16. The van der Waals surface area contributed by atoms with Crippen LogP contribution in [-0.2, 0) is 5.41 Å². The first-order chi connectivity index (χ1) is 7.81. The van der Waals surface area contributed by atoms with E-state index in [0.29, 0.717) is 5.92 Å². The molecule has 94 valence electrons. The lowest BCUT2D eigenvalue weighted by Crippen LogP contribution is -2.14. The molecular formula is C16H24O. The van der Waals surface area contributed by atoms with E-state index in [1.54, 1.807) is 7.11 Å². The van der Waals surface area contributed by atoms with E-state index in [-0.39, 0.29) is 5.41 Å². The van der Waals surface area contributed by atoms with Crippen molar-refractivity contribution in [3.63, 3.8) is 0 Å². The number of hydrogen-bond acceptors (Lipinski definition) is 1. The molecule has 0 unspecified atom stereocenters. The van der Waals surface area contributed by atoms with Crippen molar-refractivity contribution in [1.82, 2.24) is 0 Å². The Hall–Kier alpha value is -1.24. The summed E-state index contributed by atoms with van der Waals surface area (Å²) >= 11 is 0. The summed E-state index contributed by atoms with van der Waals surface area (Å²) in [7, 11) is 1.73. The average molecular weight is 232 g/mol. The summed E-state index contributed by atoms with van der Waals surface area (Å²) in [4.78, 5) is 0. The molecule has 0 atom stereocenters. The lowest BCUT2D eigenvalue weighted by Gasteiger charge is -2.25. The van der Waals surface area contributed by atoms with Gasteiger partial charge in [-0.3, -0.25) is 0 Å². The van der Waals surface area contributed by atoms with Crippen LogP contribution in [0.2, 0.25) is 0 Å². The van der Waals surface area contributed by atoms with E-state index in [0.717, 1.165) is 11.3 Å². The SMILES string of the molecule is C=Cc1cc(C(C)C)cc(C(C)(C)C)c1OC. The van der Waals surface area contributed by atoms with E-state index >= 15 is 0 Å². The summed E-state index contributed by atoms with van der Waals surface area (Å²) in [5.41, 5.74) is 3.75. The van der Waals surface area contributed by atoms with Crippen LogP contribution in [-0.4, -0.2) is 7.11 Å². The monoisotopic (exact) mass is 232 g/mol. The van der Waals surface area contributed by atoms with Gasteiger partial charge >= 0.3 is 0 Å². The number of ether oxygens (including phenoxy) is 1. The first kappa shape index (κ1) is 13.8. The Kier molecular flexibility index (Phi) is 4.03. The molecule has 17 heavy (non-hydrogen) atoms. The zero-order valence-corrected chi connectivity index (χ0v) is 11.9. The Balaban J connectivity index is 3.54. The maximum absolute atomic E-state index is 5.56. The molecule has 0 aliphatic rings. The molecule has 1 aromatic carbocycles. The van der Waals surface area contributed by atoms with Gasteiger partial charge in [0.1, 0.15) is 5.75 Å². The van der Waals surface area contributed by atoms with Crippen molar-refractivity contribution < 1.29 is 4.74 Å². The molecule has 1 heteroatoms. The van der Waals surface area contributed by atoms with Gasteiger partial charge in [0.15, 0.2) is 0 Å². The highest BCUT2D eigenvalue weighted by Gasteiger charge is 2.22. The highest BCUT2D eigenvalue weighted by atomic mass is 16.5. The van der Waals surface area contributed by atoms with Crippen molar-refractivity contribution in [3.8, 4) is 5.75 Å². The van der Waals surface area contributed by atoms with E-state index in [9.17, 15) is 0 Å². The minimum Gasteiger partial charge on any atom is -0.496 e. The smallest absolute Gasteiger partial charge is 0.129 e. The van der Waals surface area contributed by atoms with Crippen LogP contribution in [0.3, 0.4) is 0 Å². The second-order valence-electron chi connectivity index (χ2n) is 5.80. The Morgan fingerprint density at radius 1 is 1.24 bits per heavy atom. The molecule has 0 aromatic heterocycles. The highest BCUT2D eigenvalue weighted by molar-refractivity contribution is 5.61. The van der Waals surface area contributed by atoms with Crippen molar-refractivity contribution in [2.24, 2.45) is 0 Å². The fraction of sp³-hybridized carbons (Fsp3) is 0.500. The molecule has 0 amide bonds. The Morgan fingerprint density at radius 2 is 1.82 bits per heavy atom. The van der Waals surface area contributed by atoms with Gasteiger partial charge in [0.2, 0.25) is 0 Å². The Morgan fingerprint density at radius 3 is 2.18 bits per heavy atom. The molecule has 1 rings (SSSR count). The lowest BCUT2D eigenvalue weighted by atomic mass is 9.82. The summed E-state index contributed by atoms with van der Waals surface area (Å²) in [6.07, 6.45) is 1.87. The molecule has 0 fully saturated rings. The molecule has 0 spiro atoms. The Labute approximate surface area is 106 Å². The summed E-state index contributed by atoms with van der Waals surface area (Å²) in [5.74, 6) is 1.47. The number of benzene rings is 1. The third-order valence-corrected chi connectivity index (χ3v) is 3.04. The molecule has 0 heterocycles. The molecule has 0 bridgehead atoms. The van der Waals surface area contributed by atoms with Crippen LogP contribution in [0.1, 0.15) is 57.2 Å². The summed E-state index contributed by atoms with van der Waals surface area (Å²) in [6.45, 7) is 14.9. The highest BCUT2D eigenvalue weighted by Crippen LogP contribution is 2.37. The van der Waals surface area contributed by atoms with E-state index in [4.69, 9.17) is 4.74 Å². The fourth-order valence-corrected chi connectivity index (χ4v) is 1.94. The fourth-order valence-electron chi connectivity index (χ4n) is 1.94. The molecular weight excluding hydrogens is 208 g/mol. The van der Waals surface area contributed by atoms with E-state index in [2.05, 4.69) is 53.3 Å². The van der Waals surface area contributed by atoms with Crippen LogP contribution in [0, 0.1) is 0 Å². The van der Waals surface area contributed by atoms with Gasteiger partial charge in [0.05, 0.1) is 7.11 Å². The van der Waals surface area contributed by atoms with E-state index in [1.807, 2.05) is 6.08 Å². The van der Waals surface area contributed by atoms with Gasteiger partial charge in [-0.05, 0) is 23.0 Å². The van der Waals surface area contributed by atoms with Crippen molar-refractivity contribution >= 4 is 6.08 Å². The minimum absolute atomic E-state index is 0.0774. The molecule has 0 saturated heterocycles. The van der Waals surface area contributed by atoms with E-state index < -0.39 is 0 Å². The van der Waals surface area contributed by atoms with Crippen LogP contribution >= 0.6 is 0 Å². The molecule has 0 saturated carbocycles. The van der Waals surface area contributed by atoms with Gasteiger partial charge in [0, 0.05) is 11.1 Å². The quantitative estimate of drug-likeness (QED) is 0.730. The number of rotatable bonds is 3. The Bertz CT molecular complexity index is 408. The predicted octanol–water partition coefficient (Wildman–Crippen LogP) is 4.76. The maximum Gasteiger partial charge on any atom is 0.129 e. The number of methoxy groups -OCH3 is 1. The summed E-state index contributed by atoms with van der Waals surface area (Å²) in [5, 5.41) is 0. The zero-order valence-electron chi connectivity index (χ0n) is 11.9.